The largest absolute Gasteiger partial charge is 0.339 e. The Balaban J connectivity index is 1.91. The van der Waals surface area contributed by atoms with Crippen molar-refractivity contribution >= 4 is 0 Å². The lowest BCUT2D eigenvalue weighted by atomic mass is 10.0. The molecule has 0 saturated carbocycles. The SMILES string of the molecule is CCCc1nc(CN2CCCCC2CNC(C)(C)C)no1. The van der Waals surface area contributed by atoms with E-state index < -0.39 is 0 Å². The first-order valence-electron chi connectivity index (χ1n) is 8.28. The third kappa shape index (κ3) is 5.40. The van der Waals surface area contributed by atoms with Gasteiger partial charge in [0.25, 0.3) is 0 Å². The van der Waals surface area contributed by atoms with Crippen molar-refractivity contribution < 1.29 is 4.52 Å². The molecule has 1 aromatic heterocycles. The van der Waals surface area contributed by atoms with Crippen molar-refractivity contribution in [1.82, 2.24) is 20.4 Å². The third-order valence-electron chi connectivity index (χ3n) is 3.94. The average Bonchev–Trinajstić information content (AvgIpc) is 2.85. The van der Waals surface area contributed by atoms with Crippen LogP contribution in [0.2, 0.25) is 0 Å². The van der Waals surface area contributed by atoms with Crippen molar-refractivity contribution in [3.8, 4) is 0 Å². The first-order valence-corrected chi connectivity index (χ1v) is 8.28. The van der Waals surface area contributed by atoms with Gasteiger partial charge >= 0.3 is 0 Å². The fraction of sp³-hybridized carbons (Fsp3) is 0.875. The van der Waals surface area contributed by atoms with Gasteiger partial charge in [0.1, 0.15) is 0 Å². The highest BCUT2D eigenvalue weighted by Crippen LogP contribution is 2.19. The summed E-state index contributed by atoms with van der Waals surface area (Å²) in [6.07, 6.45) is 5.76. The summed E-state index contributed by atoms with van der Waals surface area (Å²) in [6.45, 7) is 11.8. The Labute approximate surface area is 128 Å². The van der Waals surface area contributed by atoms with Crippen LogP contribution in [0.1, 0.15) is 65.1 Å². The van der Waals surface area contributed by atoms with Gasteiger partial charge < -0.3 is 9.84 Å². The van der Waals surface area contributed by atoms with E-state index >= 15 is 0 Å². The molecule has 0 bridgehead atoms. The maximum absolute atomic E-state index is 5.29. The second-order valence-corrected chi connectivity index (χ2v) is 7.11. The van der Waals surface area contributed by atoms with E-state index in [1.54, 1.807) is 0 Å². The number of piperidine rings is 1. The van der Waals surface area contributed by atoms with Gasteiger partial charge in [-0.25, -0.2) is 0 Å². The van der Waals surface area contributed by atoms with Gasteiger partial charge in [-0.1, -0.05) is 18.5 Å². The fourth-order valence-electron chi connectivity index (χ4n) is 2.77. The van der Waals surface area contributed by atoms with Gasteiger partial charge in [0.15, 0.2) is 5.82 Å². The van der Waals surface area contributed by atoms with Crippen molar-refractivity contribution in [2.75, 3.05) is 13.1 Å². The Kier molecular flexibility index (Phi) is 5.76. The van der Waals surface area contributed by atoms with Gasteiger partial charge in [-0.15, -0.1) is 0 Å². The predicted molar refractivity (Wildman–Crippen MR) is 84.1 cm³/mol. The van der Waals surface area contributed by atoms with Crippen LogP contribution in [0.25, 0.3) is 0 Å². The van der Waals surface area contributed by atoms with Crippen LogP contribution >= 0.6 is 0 Å². The van der Waals surface area contributed by atoms with Crippen molar-refractivity contribution in [2.45, 2.75) is 77.9 Å². The molecule has 1 saturated heterocycles. The summed E-state index contributed by atoms with van der Waals surface area (Å²) in [5.74, 6) is 1.61. The normalized spacial score (nSPS) is 20.9. The highest BCUT2D eigenvalue weighted by molar-refractivity contribution is 4.90. The van der Waals surface area contributed by atoms with Gasteiger partial charge in [-0.3, -0.25) is 4.90 Å². The Morgan fingerprint density at radius 2 is 2.14 bits per heavy atom. The third-order valence-corrected chi connectivity index (χ3v) is 3.94. The van der Waals surface area contributed by atoms with Crippen LogP contribution in [0.3, 0.4) is 0 Å². The number of aryl methyl sites for hydroxylation is 1. The molecule has 1 fully saturated rings. The van der Waals surface area contributed by atoms with Crippen LogP contribution in [-0.2, 0) is 13.0 Å². The summed E-state index contributed by atoms with van der Waals surface area (Å²) >= 11 is 0. The van der Waals surface area contributed by atoms with Crippen LogP contribution in [0, 0.1) is 0 Å². The molecule has 5 nitrogen and oxygen atoms in total. The molecular formula is C16H30N4O. The van der Waals surface area contributed by atoms with Crippen LogP contribution in [-0.4, -0.2) is 39.7 Å². The summed E-state index contributed by atoms with van der Waals surface area (Å²) in [6, 6.07) is 0.575. The van der Waals surface area contributed by atoms with Gasteiger partial charge in [-0.2, -0.15) is 4.98 Å². The number of nitrogens with one attached hydrogen (secondary N) is 1. The van der Waals surface area contributed by atoms with E-state index in [1.807, 2.05) is 0 Å². The quantitative estimate of drug-likeness (QED) is 0.874. The maximum atomic E-state index is 5.29. The lowest BCUT2D eigenvalue weighted by Gasteiger charge is -2.36. The molecule has 0 aliphatic carbocycles. The summed E-state index contributed by atoms with van der Waals surface area (Å²) in [7, 11) is 0. The van der Waals surface area contributed by atoms with Crippen LogP contribution < -0.4 is 5.32 Å². The summed E-state index contributed by atoms with van der Waals surface area (Å²) in [4.78, 5) is 7.00. The Hall–Kier alpha value is -0.940. The molecule has 1 atom stereocenters. The zero-order valence-corrected chi connectivity index (χ0v) is 14.0. The van der Waals surface area contributed by atoms with E-state index in [0.717, 1.165) is 44.2 Å². The Bertz CT molecular complexity index is 424. The van der Waals surface area contributed by atoms with Gasteiger partial charge in [0.05, 0.1) is 6.54 Å². The molecule has 120 valence electrons. The van der Waals surface area contributed by atoms with Crippen molar-refractivity contribution in [2.24, 2.45) is 0 Å². The molecule has 2 heterocycles. The predicted octanol–water partition coefficient (Wildman–Crippen LogP) is 2.76. The van der Waals surface area contributed by atoms with Crippen molar-refractivity contribution in [3.05, 3.63) is 11.7 Å². The first-order chi connectivity index (χ1) is 9.98. The van der Waals surface area contributed by atoms with E-state index in [2.05, 4.69) is 48.1 Å². The van der Waals surface area contributed by atoms with Gasteiger partial charge in [0, 0.05) is 24.5 Å². The molecule has 0 radical (unpaired) electrons. The smallest absolute Gasteiger partial charge is 0.226 e. The van der Waals surface area contributed by atoms with Gasteiger partial charge in [0.2, 0.25) is 5.89 Å². The molecule has 0 amide bonds. The minimum absolute atomic E-state index is 0.170. The average molecular weight is 294 g/mol. The van der Waals surface area contributed by atoms with E-state index in [1.165, 1.54) is 19.3 Å². The second-order valence-electron chi connectivity index (χ2n) is 7.11. The highest BCUT2D eigenvalue weighted by Gasteiger charge is 2.25. The number of hydrogen-bond donors (Lipinski definition) is 1. The number of rotatable bonds is 6. The molecule has 2 rings (SSSR count). The summed E-state index contributed by atoms with van der Waals surface area (Å²) in [5, 5.41) is 7.75. The molecule has 21 heavy (non-hydrogen) atoms. The van der Waals surface area contributed by atoms with Crippen molar-refractivity contribution in [3.63, 3.8) is 0 Å². The minimum Gasteiger partial charge on any atom is -0.339 e. The summed E-state index contributed by atoms with van der Waals surface area (Å²) in [5.41, 5.74) is 0.170. The van der Waals surface area contributed by atoms with Crippen LogP contribution in [0.15, 0.2) is 4.52 Å². The number of aromatic nitrogens is 2. The lowest BCUT2D eigenvalue weighted by Crippen LogP contribution is -2.49. The molecule has 5 heteroatoms. The van der Waals surface area contributed by atoms with E-state index in [-0.39, 0.29) is 5.54 Å². The maximum Gasteiger partial charge on any atom is 0.226 e. The minimum atomic E-state index is 0.170. The Morgan fingerprint density at radius 1 is 1.33 bits per heavy atom. The summed E-state index contributed by atoms with van der Waals surface area (Å²) < 4.78 is 5.29. The second kappa shape index (κ2) is 7.36. The molecule has 1 unspecified atom stereocenters. The number of likely N-dealkylation sites (tertiary alicyclic amines) is 1. The van der Waals surface area contributed by atoms with E-state index in [9.17, 15) is 0 Å². The number of nitrogens with zero attached hydrogens (tertiary/aromatic N) is 3. The van der Waals surface area contributed by atoms with Crippen LogP contribution in [0.4, 0.5) is 0 Å². The molecule has 1 N–H and O–H groups in total. The van der Waals surface area contributed by atoms with E-state index in [0.29, 0.717) is 6.04 Å². The standard InChI is InChI=1S/C16H30N4O/c1-5-8-15-18-14(19-21-15)12-20-10-7-6-9-13(20)11-17-16(2,3)4/h13,17H,5-12H2,1-4H3. The number of hydrogen-bond acceptors (Lipinski definition) is 5. The Morgan fingerprint density at radius 3 is 2.86 bits per heavy atom. The topological polar surface area (TPSA) is 54.2 Å². The molecule has 0 spiro atoms. The van der Waals surface area contributed by atoms with E-state index in [4.69, 9.17) is 4.52 Å². The van der Waals surface area contributed by atoms with Gasteiger partial charge in [-0.05, 0) is 46.6 Å². The fourth-order valence-corrected chi connectivity index (χ4v) is 2.77. The highest BCUT2D eigenvalue weighted by atomic mass is 16.5. The molecule has 1 aliphatic rings. The monoisotopic (exact) mass is 294 g/mol. The zero-order chi connectivity index (χ0) is 15.3. The molecular weight excluding hydrogens is 264 g/mol. The lowest BCUT2D eigenvalue weighted by molar-refractivity contribution is 0.126. The molecule has 0 aromatic carbocycles. The van der Waals surface area contributed by atoms with Crippen molar-refractivity contribution in [1.29, 1.82) is 0 Å². The first kappa shape index (κ1) is 16.4. The molecule has 1 aromatic rings. The zero-order valence-electron chi connectivity index (χ0n) is 14.0. The molecule has 1 aliphatic heterocycles. The van der Waals surface area contributed by atoms with Crippen LogP contribution in [0.5, 0.6) is 0 Å².